The molecule has 0 saturated heterocycles. The third-order valence-electron chi connectivity index (χ3n) is 4.61. The van der Waals surface area contributed by atoms with Gasteiger partial charge in [0.15, 0.2) is 0 Å². The molecule has 0 unspecified atom stereocenters. The quantitative estimate of drug-likeness (QED) is 0.748. The fourth-order valence-electron chi connectivity index (χ4n) is 3.01. The van der Waals surface area contributed by atoms with Crippen molar-refractivity contribution in [1.29, 1.82) is 0 Å². The molecule has 0 atom stereocenters. The molecule has 0 aliphatic heterocycles. The van der Waals surface area contributed by atoms with Crippen LogP contribution in [0.5, 0.6) is 0 Å². The zero-order chi connectivity index (χ0) is 13.8. The first-order chi connectivity index (χ1) is 9.83. The Morgan fingerprint density at radius 1 is 1.20 bits per heavy atom. The first kappa shape index (κ1) is 14.0. The van der Waals surface area contributed by atoms with Crippen molar-refractivity contribution in [2.75, 3.05) is 26.7 Å². The summed E-state index contributed by atoms with van der Waals surface area (Å²) in [5, 5.41) is 3.82. The van der Waals surface area contributed by atoms with Crippen LogP contribution in [0.1, 0.15) is 31.4 Å². The van der Waals surface area contributed by atoms with Crippen molar-refractivity contribution < 1.29 is 0 Å². The molecule has 0 spiro atoms. The third kappa shape index (κ3) is 4.29. The molecule has 0 bridgehead atoms. The van der Waals surface area contributed by atoms with Gasteiger partial charge in [0, 0.05) is 44.0 Å². The predicted octanol–water partition coefficient (Wildman–Crippen LogP) is 2.33. The molecule has 0 aromatic carbocycles. The Morgan fingerprint density at radius 2 is 1.95 bits per heavy atom. The van der Waals surface area contributed by atoms with Crippen LogP contribution in [-0.4, -0.2) is 42.6 Å². The SMILES string of the molecule is CN(CCNC(C1CC1)C1CC1)CCc1ccccn1. The van der Waals surface area contributed by atoms with Gasteiger partial charge in [-0.25, -0.2) is 0 Å². The van der Waals surface area contributed by atoms with Gasteiger partial charge >= 0.3 is 0 Å². The molecule has 110 valence electrons. The number of aromatic nitrogens is 1. The summed E-state index contributed by atoms with van der Waals surface area (Å²) < 4.78 is 0. The molecule has 20 heavy (non-hydrogen) atoms. The van der Waals surface area contributed by atoms with Crippen LogP contribution in [0.3, 0.4) is 0 Å². The number of pyridine rings is 1. The zero-order valence-electron chi connectivity index (χ0n) is 12.6. The minimum atomic E-state index is 0.833. The Hall–Kier alpha value is -0.930. The summed E-state index contributed by atoms with van der Waals surface area (Å²) in [5.74, 6) is 2.00. The molecule has 0 amide bonds. The van der Waals surface area contributed by atoms with Crippen molar-refractivity contribution >= 4 is 0 Å². The second-order valence-electron chi connectivity index (χ2n) is 6.53. The maximum atomic E-state index is 4.38. The third-order valence-corrected chi connectivity index (χ3v) is 4.61. The van der Waals surface area contributed by atoms with E-state index < -0.39 is 0 Å². The highest BCUT2D eigenvalue weighted by Gasteiger charge is 2.40. The molecule has 2 aliphatic carbocycles. The molecule has 0 radical (unpaired) electrons. The molecular formula is C17H27N3. The molecule has 1 heterocycles. The van der Waals surface area contributed by atoms with Crippen molar-refractivity contribution in [3.8, 4) is 0 Å². The van der Waals surface area contributed by atoms with Crippen LogP contribution in [0.25, 0.3) is 0 Å². The average molecular weight is 273 g/mol. The van der Waals surface area contributed by atoms with Crippen LogP contribution in [0.2, 0.25) is 0 Å². The van der Waals surface area contributed by atoms with Gasteiger partial charge in [-0.2, -0.15) is 0 Å². The summed E-state index contributed by atoms with van der Waals surface area (Å²) >= 11 is 0. The van der Waals surface area contributed by atoms with Gasteiger partial charge in [0.25, 0.3) is 0 Å². The minimum absolute atomic E-state index is 0.833. The van der Waals surface area contributed by atoms with Gasteiger partial charge in [0.05, 0.1) is 0 Å². The molecule has 3 rings (SSSR count). The van der Waals surface area contributed by atoms with Crippen LogP contribution in [-0.2, 0) is 6.42 Å². The molecule has 2 aliphatic rings. The largest absolute Gasteiger partial charge is 0.312 e. The van der Waals surface area contributed by atoms with Crippen molar-refractivity contribution in [2.24, 2.45) is 11.8 Å². The Balaban J connectivity index is 1.31. The van der Waals surface area contributed by atoms with Gasteiger partial charge < -0.3 is 10.2 Å². The lowest BCUT2D eigenvalue weighted by Gasteiger charge is -2.21. The fourth-order valence-corrected chi connectivity index (χ4v) is 3.01. The Labute approximate surface area is 122 Å². The van der Waals surface area contributed by atoms with Crippen LogP contribution < -0.4 is 5.32 Å². The van der Waals surface area contributed by atoms with Crippen molar-refractivity contribution in [3.63, 3.8) is 0 Å². The second kappa shape index (κ2) is 6.68. The zero-order valence-corrected chi connectivity index (χ0v) is 12.6. The van der Waals surface area contributed by atoms with Gasteiger partial charge in [-0.3, -0.25) is 4.98 Å². The number of hydrogen-bond acceptors (Lipinski definition) is 3. The molecular weight excluding hydrogens is 246 g/mol. The highest BCUT2D eigenvalue weighted by atomic mass is 15.1. The van der Waals surface area contributed by atoms with E-state index in [1.54, 1.807) is 0 Å². The molecule has 3 heteroatoms. The van der Waals surface area contributed by atoms with Crippen molar-refractivity contribution in [2.45, 2.75) is 38.1 Å². The summed E-state index contributed by atoms with van der Waals surface area (Å²) in [6, 6.07) is 6.99. The smallest absolute Gasteiger partial charge is 0.0416 e. The van der Waals surface area contributed by atoms with E-state index in [0.29, 0.717) is 0 Å². The lowest BCUT2D eigenvalue weighted by molar-refractivity contribution is 0.314. The fraction of sp³-hybridized carbons (Fsp3) is 0.706. The number of nitrogens with one attached hydrogen (secondary N) is 1. The van der Waals surface area contributed by atoms with E-state index in [9.17, 15) is 0 Å². The van der Waals surface area contributed by atoms with Crippen LogP contribution in [0.15, 0.2) is 24.4 Å². The molecule has 1 aromatic heterocycles. The van der Waals surface area contributed by atoms with Crippen LogP contribution in [0.4, 0.5) is 0 Å². The summed E-state index contributed by atoms with van der Waals surface area (Å²) in [6.07, 6.45) is 8.78. The van der Waals surface area contributed by atoms with E-state index in [1.165, 1.54) is 31.4 Å². The summed E-state index contributed by atoms with van der Waals surface area (Å²) in [4.78, 5) is 6.80. The van der Waals surface area contributed by atoms with E-state index in [0.717, 1.165) is 43.9 Å². The van der Waals surface area contributed by atoms with Crippen LogP contribution in [0, 0.1) is 11.8 Å². The topological polar surface area (TPSA) is 28.2 Å². The first-order valence-electron chi connectivity index (χ1n) is 8.15. The summed E-state index contributed by atoms with van der Waals surface area (Å²) in [5.41, 5.74) is 1.20. The molecule has 1 aromatic rings. The number of nitrogens with zero attached hydrogens (tertiary/aromatic N) is 2. The standard InChI is InChI=1S/C17H27N3/c1-20(12-9-16-4-2-3-10-18-16)13-11-19-17(14-5-6-14)15-7-8-15/h2-4,10,14-15,17,19H,5-9,11-13H2,1H3. The summed E-state index contributed by atoms with van der Waals surface area (Å²) in [6.45, 7) is 3.37. The second-order valence-corrected chi connectivity index (χ2v) is 6.53. The Morgan fingerprint density at radius 3 is 2.55 bits per heavy atom. The highest BCUT2D eigenvalue weighted by Crippen LogP contribution is 2.44. The van der Waals surface area contributed by atoms with Gasteiger partial charge in [0.1, 0.15) is 0 Å². The maximum Gasteiger partial charge on any atom is 0.0416 e. The summed E-state index contributed by atoms with van der Waals surface area (Å²) in [7, 11) is 2.22. The van der Waals surface area contributed by atoms with E-state index in [1.807, 2.05) is 12.3 Å². The van der Waals surface area contributed by atoms with E-state index >= 15 is 0 Å². The van der Waals surface area contributed by atoms with Crippen LogP contribution >= 0.6 is 0 Å². The Kier molecular flexibility index (Phi) is 4.69. The predicted molar refractivity (Wildman–Crippen MR) is 82.7 cm³/mol. The van der Waals surface area contributed by atoms with Gasteiger partial charge in [-0.05, 0) is 56.7 Å². The number of rotatable bonds is 9. The van der Waals surface area contributed by atoms with Gasteiger partial charge in [-0.15, -0.1) is 0 Å². The van der Waals surface area contributed by atoms with Gasteiger partial charge in [-0.1, -0.05) is 6.07 Å². The normalized spacial score (nSPS) is 18.9. The highest BCUT2D eigenvalue weighted by molar-refractivity contribution is 5.03. The van der Waals surface area contributed by atoms with Crippen molar-refractivity contribution in [1.82, 2.24) is 15.2 Å². The van der Waals surface area contributed by atoms with E-state index in [-0.39, 0.29) is 0 Å². The van der Waals surface area contributed by atoms with E-state index in [2.05, 4.69) is 34.4 Å². The Bertz CT molecular complexity index is 386. The molecule has 2 fully saturated rings. The monoisotopic (exact) mass is 273 g/mol. The number of likely N-dealkylation sites (N-methyl/N-ethyl adjacent to an activating group) is 1. The minimum Gasteiger partial charge on any atom is -0.312 e. The van der Waals surface area contributed by atoms with Gasteiger partial charge in [0.2, 0.25) is 0 Å². The average Bonchev–Trinajstić information content (AvgIpc) is 3.36. The van der Waals surface area contributed by atoms with E-state index in [4.69, 9.17) is 0 Å². The lowest BCUT2D eigenvalue weighted by atomic mass is 10.1. The maximum absolute atomic E-state index is 4.38. The lowest BCUT2D eigenvalue weighted by Crippen LogP contribution is -2.38. The van der Waals surface area contributed by atoms with Crippen molar-refractivity contribution in [3.05, 3.63) is 30.1 Å². The first-order valence-corrected chi connectivity index (χ1v) is 8.15. The molecule has 3 nitrogen and oxygen atoms in total. The molecule has 2 saturated carbocycles. The molecule has 1 N–H and O–H groups in total. The number of hydrogen-bond donors (Lipinski definition) is 1.